The lowest BCUT2D eigenvalue weighted by Gasteiger charge is -2.16. The van der Waals surface area contributed by atoms with Crippen LogP contribution in [0.3, 0.4) is 0 Å². The first kappa shape index (κ1) is 20.8. The van der Waals surface area contributed by atoms with Crippen molar-refractivity contribution in [3.05, 3.63) is 77.7 Å². The number of aryl methyl sites for hydroxylation is 2. The second kappa shape index (κ2) is 8.47. The number of pyridine rings is 1. The third kappa shape index (κ3) is 3.93. The van der Waals surface area contributed by atoms with E-state index in [1.807, 2.05) is 31.2 Å². The molecule has 1 unspecified atom stereocenters. The zero-order valence-electron chi connectivity index (χ0n) is 18.7. The van der Waals surface area contributed by atoms with Crippen molar-refractivity contribution in [2.24, 2.45) is 0 Å². The van der Waals surface area contributed by atoms with Gasteiger partial charge < -0.3 is 4.98 Å². The number of benzene rings is 2. The van der Waals surface area contributed by atoms with E-state index in [2.05, 4.69) is 55.2 Å². The summed E-state index contributed by atoms with van der Waals surface area (Å²) < 4.78 is 12.3. The second-order valence-corrected chi connectivity index (χ2v) is 10.3. The van der Waals surface area contributed by atoms with Gasteiger partial charge in [-0.25, -0.2) is 4.98 Å². The average molecular weight is 442 g/mol. The number of aromatic amines is 1. The zero-order valence-corrected chi connectivity index (χ0v) is 19.5. The number of rotatable bonds is 4. The Kier molecular flexibility index (Phi) is 5.51. The van der Waals surface area contributed by atoms with Gasteiger partial charge in [-0.3, -0.25) is 9.19 Å². The number of hydrogen-bond donors (Lipinski definition) is 1. The minimum absolute atomic E-state index is 0.289. The summed E-state index contributed by atoms with van der Waals surface area (Å²) >= 11 is 0. The van der Waals surface area contributed by atoms with Crippen LogP contribution >= 0.6 is 0 Å². The van der Waals surface area contributed by atoms with Gasteiger partial charge in [0.2, 0.25) is 0 Å². The van der Waals surface area contributed by atoms with Crippen LogP contribution in [0.1, 0.15) is 43.3 Å². The van der Waals surface area contributed by atoms with Gasteiger partial charge in [0.15, 0.2) is 0 Å². The maximum absolute atomic E-state index is 12.3. The highest BCUT2D eigenvalue weighted by molar-refractivity contribution is 7.85. The molecule has 0 spiro atoms. The summed E-state index contributed by atoms with van der Waals surface area (Å²) in [6.45, 7) is 6.29. The first-order valence-corrected chi connectivity index (χ1v) is 12.5. The van der Waals surface area contributed by atoms with Crippen molar-refractivity contribution in [2.45, 2.75) is 44.4 Å². The van der Waals surface area contributed by atoms with Gasteiger partial charge in [0.25, 0.3) is 0 Å². The molecule has 5 heteroatoms. The fourth-order valence-electron chi connectivity index (χ4n) is 4.27. The largest absolute Gasteiger partial charge is 0.340 e. The average Bonchev–Trinajstić information content (AvgIpc) is 3.25. The predicted molar refractivity (Wildman–Crippen MR) is 131 cm³/mol. The highest BCUT2D eigenvalue weighted by Gasteiger charge is 2.19. The summed E-state index contributed by atoms with van der Waals surface area (Å²) in [5, 5.41) is 0. The molecule has 4 nitrogen and oxygen atoms in total. The zero-order chi connectivity index (χ0) is 22.2. The Balaban J connectivity index is 1.60. The van der Waals surface area contributed by atoms with E-state index < -0.39 is 10.8 Å². The van der Waals surface area contributed by atoms with Crippen LogP contribution in [0.15, 0.2) is 65.6 Å². The quantitative estimate of drug-likeness (QED) is 0.405. The predicted octanol–water partition coefficient (Wildman–Crippen LogP) is 6.29. The molecule has 0 bridgehead atoms. The number of fused-ring (bicyclic) bond motifs is 1. The van der Waals surface area contributed by atoms with Crippen LogP contribution in [0.25, 0.3) is 33.8 Å². The first-order chi connectivity index (χ1) is 15.5. The van der Waals surface area contributed by atoms with Crippen molar-refractivity contribution < 1.29 is 4.21 Å². The van der Waals surface area contributed by atoms with Gasteiger partial charge in [-0.05, 0) is 66.8 Å². The van der Waals surface area contributed by atoms with Crippen LogP contribution in [0.2, 0.25) is 0 Å². The second-order valence-electron chi connectivity index (χ2n) is 8.72. The van der Waals surface area contributed by atoms with Gasteiger partial charge in [0.05, 0.1) is 27.9 Å². The van der Waals surface area contributed by atoms with Crippen molar-refractivity contribution in [1.82, 2.24) is 15.0 Å². The Labute approximate surface area is 191 Å². The van der Waals surface area contributed by atoms with Crippen LogP contribution in [-0.2, 0) is 17.2 Å². The normalized spacial score (nSPS) is 15.7. The molecule has 1 N–H and O–H groups in total. The van der Waals surface area contributed by atoms with E-state index in [1.165, 1.54) is 5.56 Å². The summed E-state index contributed by atoms with van der Waals surface area (Å²) in [5.41, 5.74) is 8.33. The fourth-order valence-corrected chi connectivity index (χ4v) is 5.57. The molecule has 2 aromatic heterocycles. The van der Waals surface area contributed by atoms with E-state index in [4.69, 9.17) is 9.97 Å². The third-order valence-corrected chi connectivity index (χ3v) is 7.51. The highest BCUT2D eigenvalue weighted by Crippen LogP contribution is 2.34. The molecule has 0 aliphatic carbocycles. The minimum atomic E-state index is -0.863. The molecule has 0 saturated heterocycles. The number of nitrogens with zero attached hydrogens (tertiary/aromatic N) is 2. The van der Waals surface area contributed by atoms with Crippen LogP contribution in [0.5, 0.6) is 0 Å². The van der Waals surface area contributed by atoms with Crippen LogP contribution in [0.4, 0.5) is 0 Å². The third-order valence-electron chi connectivity index (χ3n) is 5.96. The SMILES string of the molecule is Cc1cccc(-c2[nH]c(C(C)C)nc2-c2cccc(-c3ccc4c(c3)CCCS4=O)c2)n1. The van der Waals surface area contributed by atoms with Gasteiger partial charge in [-0.2, -0.15) is 0 Å². The molecule has 1 aliphatic rings. The summed E-state index contributed by atoms with van der Waals surface area (Å²) in [5.74, 6) is 2.02. The smallest absolute Gasteiger partial charge is 0.109 e. The van der Waals surface area contributed by atoms with Crippen LogP contribution in [-0.4, -0.2) is 24.9 Å². The molecule has 0 fully saturated rings. The van der Waals surface area contributed by atoms with Crippen molar-refractivity contribution >= 4 is 10.8 Å². The van der Waals surface area contributed by atoms with Crippen LogP contribution < -0.4 is 0 Å². The van der Waals surface area contributed by atoms with Gasteiger partial charge in [0.1, 0.15) is 5.82 Å². The Bertz CT molecular complexity index is 1320. The maximum atomic E-state index is 12.3. The summed E-state index contributed by atoms with van der Waals surface area (Å²) in [4.78, 5) is 14.2. The fraction of sp³-hybridized carbons (Fsp3) is 0.259. The van der Waals surface area contributed by atoms with E-state index in [0.29, 0.717) is 0 Å². The number of nitrogens with one attached hydrogen (secondary N) is 1. The Morgan fingerprint density at radius 3 is 2.53 bits per heavy atom. The van der Waals surface area contributed by atoms with E-state index in [9.17, 15) is 4.21 Å². The highest BCUT2D eigenvalue weighted by atomic mass is 32.2. The lowest BCUT2D eigenvalue weighted by molar-refractivity contribution is 0.674. The van der Waals surface area contributed by atoms with Gasteiger partial charge in [-0.15, -0.1) is 0 Å². The molecule has 32 heavy (non-hydrogen) atoms. The number of aromatic nitrogens is 3. The van der Waals surface area contributed by atoms with Crippen molar-refractivity contribution in [3.8, 4) is 33.8 Å². The number of imidazole rings is 1. The standard InChI is InChI=1S/C27H27N3OS/c1-17(2)27-29-25(26(30-27)23-11-4-7-18(3)28-23)22-9-5-8-19(16-22)20-12-13-24-21(15-20)10-6-14-32(24)31/h4-5,7-9,11-13,15-17H,6,10,14H2,1-3H3,(H,29,30). The first-order valence-electron chi connectivity index (χ1n) is 11.2. The molecule has 1 aliphatic heterocycles. The Morgan fingerprint density at radius 2 is 1.72 bits per heavy atom. The van der Waals surface area contributed by atoms with E-state index in [0.717, 1.165) is 68.8 Å². The van der Waals surface area contributed by atoms with E-state index >= 15 is 0 Å². The van der Waals surface area contributed by atoms with Gasteiger partial charge >= 0.3 is 0 Å². The van der Waals surface area contributed by atoms with Crippen molar-refractivity contribution in [2.75, 3.05) is 5.75 Å². The molecule has 3 heterocycles. The van der Waals surface area contributed by atoms with Gasteiger partial charge in [0, 0.05) is 27.8 Å². The molecule has 0 radical (unpaired) electrons. The molecular formula is C27H27N3OS. The summed E-state index contributed by atoms with van der Waals surface area (Å²) in [6.07, 6.45) is 1.98. The topological polar surface area (TPSA) is 58.6 Å². The molecule has 0 saturated carbocycles. The number of H-pyrrole nitrogens is 1. The van der Waals surface area contributed by atoms with Crippen LogP contribution in [0, 0.1) is 6.92 Å². The van der Waals surface area contributed by atoms with E-state index in [1.54, 1.807) is 0 Å². The number of hydrogen-bond acceptors (Lipinski definition) is 3. The Morgan fingerprint density at radius 1 is 0.938 bits per heavy atom. The minimum Gasteiger partial charge on any atom is -0.340 e. The molecule has 4 aromatic rings. The lowest BCUT2D eigenvalue weighted by Crippen LogP contribution is -2.09. The molecule has 1 atom stereocenters. The molecule has 5 rings (SSSR count). The monoisotopic (exact) mass is 441 g/mol. The van der Waals surface area contributed by atoms with Gasteiger partial charge in [-0.1, -0.05) is 44.2 Å². The molecule has 0 amide bonds. The van der Waals surface area contributed by atoms with E-state index in [-0.39, 0.29) is 5.92 Å². The molecule has 162 valence electrons. The molecule has 2 aromatic carbocycles. The van der Waals surface area contributed by atoms with Crippen molar-refractivity contribution in [1.29, 1.82) is 0 Å². The van der Waals surface area contributed by atoms with Crippen molar-refractivity contribution in [3.63, 3.8) is 0 Å². The lowest BCUT2D eigenvalue weighted by atomic mass is 9.98. The summed E-state index contributed by atoms with van der Waals surface area (Å²) in [6, 6.07) is 20.9. The molecular weight excluding hydrogens is 414 g/mol. The Hall–Kier alpha value is -3.05. The maximum Gasteiger partial charge on any atom is 0.109 e. The summed E-state index contributed by atoms with van der Waals surface area (Å²) in [7, 11) is -0.863.